The minimum atomic E-state index is -4.26. The number of hydrogen-bond acceptors (Lipinski definition) is 6. The lowest BCUT2D eigenvalue weighted by molar-refractivity contribution is -0.114. The van der Waals surface area contributed by atoms with E-state index in [9.17, 15) is 26.0 Å². The Morgan fingerprint density at radius 2 is 1.46 bits per heavy atom. The smallest absolute Gasteiger partial charge is 0.264 e. The number of nitrogens with zero attached hydrogens (tertiary/aromatic N) is 1. The third kappa shape index (κ3) is 7.41. The molecule has 9 nitrogen and oxygen atoms in total. The second kappa shape index (κ2) is 12.4. The fraction of sp³-hybridized carbons (Fsp3) is 0.138. The molecule has 0 unspecified atom stereocenters. The number of benzene rings is 4. The number of carbonyl (C=O) groups excluding carboxylic acids is 1. The molecule has 0 heterocycles. The van der Waals surface area contributed by atoms with E-state index in [1.54, 1.807) is 30.3 Å². The molecule has 0 aliphatic rings. The number of hydrogen-bond donors (Lipinski definition) is 2. The van der Waals surface area contributed by atoms with Gasteiger partial charge in [0.15, 0.2) is 0 Å². The third-order valence-corrected chi connectivity index (χ3v) is 9.03. The van der Waals surface area contributed by atoms with E-state index in [1.807, 2.05) is 19.9 Å². The maximum absolute atomic E-state index is 13.5. The van der Waals surface area contributed by atoms with Crippen molar-refractivity contribution in [2.75, 3.05) is 27.5 Å². The van der Waals surface area contributed by atoms with Crippen molar-refractivity contribution in [2.24, 2.45) is 0 Å². The van der Waals surface area contributed by atoms with E-state index in [1.165, 1.54) is 36.4 Å². The Morgan fingerprint density at radius 1 is 0.829 bits per heavy atom. The highest BCUT2D eigenvalue weighted by molar-refractivity contribution is 7.93. The van der Waals surface area contributed by atoms with Crippen molar-refractivity contribution in [1.82, 2.24) is 0 Å². The molecule has 0 saturated heterocycles. The van der Waals surface area contributed by atoms with Crippen LogP contribution in [0.1, 0.15) is 12.5 Å². The lowest BCUT2D eigenvalue weighted by Gasteiger charge is -2.24. The van der Waals surface area contributed by atoms with E-state index in [0.717, 1.165) is 34.1 Å². The molecule has 41 heavy (non-hydrogen) atoms. The normalized spacial score (nSPS) is 11.5. The highest BCUT2D eigenvalue weighted by Crippen LogP contribution is 2.26. The first-order valence-corrected chi connectivity index (χ1v) is 15.4. The molecule has 0 aromatic heterocycles. The number of aryl methyl sites for hydroxylation is 1. The van der Waals surface area contributed by atoms with Crippen LogP contribution in [0.15, 0.2) is 107 Å². The molecule has 4 rings (SSSR count). The molecule has 214 valence electrons. The molecule has 1 amide bonds. The van der Waals surface area contributed by atoms with E-state index in [2.05, 4.69) is 10.0 Å². The van der Waals surface area contributed by atoms with Gasteiger partial charge < -0.3 is 10.1 Å². The van der Waals surface area contributed by atoms with Gasteiger partial charge >= 0.3 is 0 Å². The summed E-state index contributed by atoms with van der Waals surface area (Å²) < 4.78 is 74.8. The molecule has 0 spiro atoms. The zero-order valence-corrected chi connectivity index (χ0v) is 23.9. The van der Waals surface area contributed by atoms with Gasteiger partial charge in [-0.1, -0.05) is 12.1 Å². The Balaban J connectivity index is 1.53. The molecule has 0 aliphatic heterocycles. The van der Waals surface area contributed by atoms with Crippen molar-refractivity contribution in [1.29, 1.82) is 0 Å². The molecule has 0 atom stereocenters. The molecule has 0 saturated carbocycles. The van der Waals surface area contributed by atoms with Crippen LogP contribution in [0, 0.1) is 12.7 Å². The maximum atomic E-state index is 13.5. The van der Waals surface area contributed by atoms with Crippen LogP contribution in [0.3, 0.4) is 0 Å². The number of sulfonamides is 2. The minimum absolute atomic E-state index is 0.0214. The molecule has 0 radical (unpaired) electrons. The van der Waals surface area contributed by atoms with Crippen LogP contribution < -0.4 is 19.1 Å². The first-order chi connectivity index (χ1) is 19.5. The Morgan fingerprint density at radius 3 is 2.07 bits per heavy atom. The molecule has 0 fully saturated rings. The molecule has 0 aliphatic carbocycles. The van der Waals surface area contributed by atoms with Crippen LogP contribution in [0.4, 0.5) is 21.5 Å². The molecule has 4 aromatic carbocycles. The zero-order valence-electron chi connectivity index (χ0n) is 22.2. The predicted octanol–water partition coefficient (Wildman–Crippen LogP) is 5.17. The fourth-order valence-electron chi connectivity index (χ4n) is 3.90. The van der Waals surface area contributed by atoms with Crippen LogP contribution in [0.5, 0.6) is 5.75 Å². The van der Waals surface area contributed by atoms with Gasteiger partial charge in [0.1, 0.15) is 18.1 Å². The standard InChI is InChI=1S/C29H28FN3O6S2/c1-3-39-26-13-11-25(12-14-26)33(41(37,38)28-15-7-22(30)8-16-28)20-29(34)31-23-9-17-27(18-10-23)40(35,36)32-24-6-4-5-21(2)19-24/h4-19,32H,3,20H2,1-2H3,(H,31,34). The average molecular weight is 598 g/mol. The zero-order chi connectivity index (χ0) is 29.6. The summed E-state index contributed by atoms with van der Waals surface area (Å²) in [4.78, 5) is 12.8. The van der Waals surface area contributed by atoms with E-state index in [0.29, 0.717) is 18.0 Å². The van der Waals surface area contributed by atoms with Gasteiger partial charge in [-0.3, -0.25) is 13.8 Å². The number of carbonyl (C=O) groups is 1. The summed E-state index contributed by atoms with van der Waals surface area (Å²) in [6.07, 6.45) is 0. The van der Waals surface area contributed by atoms with Gasteiger partial charge in [0.25, 0.3) is 20.0 Å². The van der Waals surface area contributed by atoms with Crippen molar-refractivity contribution >= 4 is 43.0 Å². The van der Waals surface area contributed by atoms with Crippen molar-refractivity contribution < 1.29 is 30.8 Å². The first-order valence-electron chi connectivity index (χ1n) is 12.5. The number of nitrogens with one attached hydrogen (secondary N) is 2. The Labute approximate surface area is 238 Å². The van der Waals surface area contributed by atoms with Gasteiger partial charge in [-0.05, 0) is 104 Å². The topological polar surface area (TPSA) is 122 Å². The van der Waals surface area contributed by atoms with Gasteiger partial charge in [-0.25, -0.2) is 21.2 Å². The fourth-order valence-corrected chi connectivity index (χ4v) is 6.37. The second-order valence-electron chi connectivity index (χ2n) is 8.94. The van der Waals surface area contributed by atoms with Crippen molar-refractivity contribution in [3.05, 3.63) is 108 Å². The van der Waals surface area contributed by atoms with Crippen LogP contribution >= 0.6 is 0 Å². The van der Waals surface area contributed by atoms with Crippen LogP contribution in [-0.2, 0) is 24.8 Å². The Hall–Kier alpha value is -4.42. The molecule has 12 heteroatoms. The Bertz CT molecular complexity index is 1730. The summed E-state index contributed by atoms with van der Waals surface area (Å²) in [5.74, 6) is -0.765. The number of amides is 1. The predicted molar refractivity (Wildman–Crippen MR) is 156 cm³/mol. The summed E-state index contributed by atoms with van der Waals surface area (Å²) in [5.41, 5.74) is 1.76. The highest BCUT2D eigenvalue weighted by atomic mass is 32.2. The molecule has 0 bridgehead atoms. The minimum Gasteiger partial charge on any atom is -0.494 e. The van der Waals surface area contributed by atoms with E-state index < -0.39 is 38.3 Å². The lowest BCUT2D eigenvalue weighted by atomic mass is 10.2. The number of rotatable bonds is 11. The summed E-state index contributed by atoms with van der Waals surface area (Å²) in [6, 6.07) is 22.8. The van der Waals surface area contributed by atoms with Crippen LogP contribution in [0.2, 0.25) is 0 Å². The summed E-state index contributed by atoms with van der Waals surface area (Å²) in [6.45, 7) is 3.47. The second-order valence-corrected chi connectivity index (χ2v) is 12.5. The van der Waals surface area contributed by atoms with Crippen molar-refractivity contribution in [3.63, 3.8) is 0 Å². The monoisotopic (exact) mass is 597 g/mol. The molecule has 4 aromatic rings. The van der Waals surface area contributed by atoms with Crippen LogP contribution in [-0.4, -0.2) is 35.9 Å². The molecular weight excluding hydrogens is 569 g/mol. The highest BCUT2D eigenvalue weighted by Gasteiger charge is 2.27. The van der Waals surface area contributed by atoms with Crippen molar-refractivity contribution in [2.45, 2.75) is 23.6 Å². The quantitative estimate of drug-likeness (QED) is 0.246. The van der Waals surface area contributed by atoms with E-state index >= 15 is 0 Å². The van der Waals surface area contributed by atoms with Crippen LogP contribution in [0.25, 0.3) is 0 Å². The molecule has 2 N–H and O–H groups in total. The summed E-state index contributed by atoms with van der Waals surface area (Å²) >= 11 is 0. The number of ether oxygens (including phenoxy) is 1. The van der Waals surface area contributed by atoms with Crippen molar-refractivity contribution in [3.8, 4) is 5.75 Å². The van der Waals surface area contributed by atoms with Gasteiger partial charge in [0.05, 0.1) is 22.1 Å². The maximum Gasteiger partial charge on any atom is 0.264 e. The molecular formula is C29H28FN3O6S2. The SMILES string of the molecule is CCOc1ccc(N(CC(=O)Nc2ccc(S(=O)(=O)Nc3cccc(C)c3)cc2)S(=O)(=O)c2ccc(F)cc2)cc1. The van der Waals surface area contributed by atoms with Gasteiger partial charge in [0.2, 0.25) is 5.91 Å². The van der Waals surface area contributed by atoms with Gasteiger partial charge in [0, 0.05) is 11.4 Å². The first kappa shape index (κ1) is 29.6. The van der Waals surface area contributed by atoms with Gasteiger partial charge in [-0.15, -0.1) is 0 Å². The summed E-state index contributed by atoms with van der Waals surface area (Å²) in [5, 5.41) is 2.60. The largest absolute Gasteiger partial charge is 0.494 e. The third-order valence-electron chi connectivity index (χ3n) is 5.84. The van der Waals surface area contributed by atoms with E-state index in [4.69, 9.17) is 4.74 Å². The lowest BCUT2D eigenvalue weighted by Crippen LogP contribution is -2.38. The summed E-state index contributed by atoms with van der Waals surface area (Å²) in [7, 11) is -8.14. The van der Waals surface area contributed by atoms with E-state index in [-0.39, 0.29) is 21.2 Å². The number of anilines is 3. The average Bonchev–Trinajstić information content (AvgIpc) is 2.93. The Kier molecular flexibility index (Phi) is 8.94. The number of halogens is 1. The van der Waals surface area contributed by atoms with Gasteiger partial charge in [-0.2, -0.15) is 0 Å².